The standard InChI is InChI=1S/C21H20N6/c1-13-2-5-24-11-18(13)27-12-17(14-3-6-23-7-4-14)16-10-26-21-19(20(16)27)15(8-22)9-25-21/h3-4,6-7,9-10,12-13,18,24H,2,5,11H2,1H3,(H,25,26)/t13-,18+/m1/s1. The van der Waals surface area contributed by atoms with Crippen molar-refractivity contribution in [2.45, 2.75) is 19.4 Å². The van der Waals surface area contributed by atoms with Gasteiger partial charge in [0.2, 0.25) is 0 Å². The van der Waals surface area contributed by atoms with Crippen LogP contribution in [0.15, 0.2) is 43.1 Å². The van der Waals surface area contributed by atoms with E-state index in [1.807, 2.05) is 30.7 Å². The number of nitriles is 1. The van der Waals surface area contributed by atoms with E-state index in [1.165, 1.54) is 0 Å². The van der Waals surface area contributed by atoms with E-state index >= 15 is 0 Å². The number of aromatic nitrogens is 4. The second-order valence-corrected chi connectivity index (χ2v) is 7.28. The third-order valence-electron chi connectivity index (χ3n) is 5.75. The molecular formula is C21H20N6. The summed E-state index contributed by atoms with van der Waals surface area (Å²) in [6.45, 7) is 4.29. The van der Waals surface area contributed by atoms with Crippen molar-refractivity contribution in [2.75, 3.05) is 13.1 Å². The van der Waals surface area contributed by atoms with Crippen LogP contribution < -0.4 is 5.32 Å². The first kappa shape index (κ1) is 16.0. The van der Waals surface area contributed by atoms with Gasteiger partial charge in [-0.05, 0) is 36.6 Å². The highest BCUT2D eigenvalue weighted by atomic mass is 15.1. The molecule has 0 spiro atoms. The molecule has 1 aliphatic rings. The predicted molar refractivity (Wildman–Crippen MR) is 105 cm³/mol. The fraction of sp³-hybridized carbons (Fsp3) is 0.286. The van der Waals surface area contributed by atoms with Gasteiger partial charge in [0, 0.05) is 54.5 Å². The highest BCUT2D eigenvalue weighted by Gasteiger charge is 2.27. The van der Waals surface area contributed by atoms with Crippen molar-refractivity contribution in [2.24, 2.45) is 5.92 Å². The number of H-pyrrole nitrogens is 1. The molecule has 1 aliphatic heterocycles. The molecule has 0 amide bonds. The van der Waals surface area contributed by atoms with Crippen LogP contribution in [0.1, 0.15) is 24.9 Å². The maximum absolute atomic E-state index is 9.63. The van der Waals surface area contributed by atoms with Gasteiger partial charge in [-0.2, -0.15) is 5.26 Å². The maximum Gasteiger partial charge on any atom is 0.140 e. The lowest BCUT2D eigenvalue weighted by molar-refractivity contribution is 0.280. The van der Waals surface area contributed by atoms with E-state index in [0.717, 1.165) is 52.6 Å². The van der Waals surface area contributed by atoms with E-state index in [2.05, 4.69) is 44.0 Å². The zero-order valence-corrected chi connectivity index (χ0v) is 15.1. The minimum Gasteiger partial charge on any atom is -0.345 e. The topological polar surface area (TPSA) is 82.3 Å². The van der Waals surface area contributed by atoms with Gasteiger partial charge in [0.25, 0.3) is 0 Å². The zero-order valence-electron chi connectivity index (χ0n) is 15.1. The van der Waals surface area contributed by atoms with Crippen LogP contribution in [0.5, 0.6) is 0 Å². The first-order chi connectivity index (χ1) is 13.3. The Morgan fingerprint density at radius 3 is 2.93 bits per heavy atom. The predicted octanol–water partition coefficient (Wildman–Crippen LogP) is 3.62. The maximum atomic E-state index is 9.63. The van der Waals surface area contributed by atoms with Crippen molar-refractivity contribution >= 4 is 21.9 Å². The molecule has 27 heavy (non-hydrogen) atoms. The Bertz CT molecular complexity index is 1160. The lowest BCUT2D eigenvalue weighted by atomic mass is 9.94. The minimum absolute atomic E-state index is 0.337. The average molecular weight is 356 g/mol. The number of fused-ring (bicyclic) bond motifs is 3. The van der Waals surface area contributed by atoms with E-state index in [0.29, 0.717) is 17.5 Å². The van der Waals surface area contributed by atoms with Crippen LogP contribution in [0.4, 0.5) is 0 Å². The van der Waals surface area contributed by atoms with Crippen molar-refractivity contribution in [3.63, 3.8) is 0 Å². The summed E-state index contributed by atoms with van der Waals surface area (Å²) in [5.41, 5.74) is 4.73. The number of hydrogen-bond donors (Lipinski definition) is 2. The van der Waals surface area contributed by atoms with Gasteiger partial charge in [0.1, 0.15) is 11.7 Å². The van der Waals surface area contributed by atoms with Gasteiger partial charge < -0.3 is 14.9 Å². The second-order valence-electron chi connectivity index (χ2n) is 7.28. The van der Waals surface area contributed by atoms with Crippen LogP contribution in [0.3, 0.4) is 0 Å². The summed E-state index contributed by atoms with van der Waals surface area (Å²) in [5, 5.41) is 15.1. The molecule has 0 radical (unpaired) electrons. The number of rotatable bonds is 2. The third-order valence-corrected chi connectivity index (χ3v) is 5.75. The molecule has 4 aromatic rings. The molecule has 6 heteroatoms. The Labute approximate surface area is 156 Å². The van der Waals surface area contributed by atoms with Crippen LogP contribution in [0.25, 0.3) is 33.1 Å². The first-order valence-corrected chi connectivity index (χ1v) is 9.29. The van der Waals surface area contributed by atoms with E-state index in [4.69, 9.17) is 0 Å². The number of aromatic amines is 1. The van der Waals surface area contributed by atoms with E-state index in [1.54, 1.807) is 6.20 Å². The molecular weight excluding hydrogens is 336 g/mol. The van der Waals surface area contributed by atoms with E-state index < -0.39 is 0 Å². The Balaban J connectivity index is 1.87. The molecule has 134 valence electrons. The summed E-state index contributed by atoms with van der Waals surface area (Å²) < 4.78 is 2.36. The van der Waals surface area contributed by atoms with Crippen molar-refractivity contribution in [1.82, 2.24) is 24.8 Å². The molecule has 0 aliphatic carbocycles. The fourth-order valence-corrected chi connectivity index (χ4v) is 4.27. The fourth-order valence-electron chi connectivity index (χ4n) is 4.27. The molecule has 5 heterocycles. The van der Waals surface area contributed by atoms with E-state index in [-0.39, 0.29) is 0 Å². The summed E-state index contributed by atoms with van der Waals surface area (Å²) in [4.78, 5) is 11.9. The van der Waals surface area contributed by atoms with Crippen LogP contribution >= 0.6 is 0 Å². The third kappa shape index (κ3) is 2.43. The minimum atomic E-state index is 0.337. The summed E-state index contributed by atoms with van der Waals surface area (Å²) in [6.07, 6.45) is 10.7. The first-order valence-electron chi connectivity index (χ1n) is 9.29. The largest absolute Gasteiger partial charge is 0.345 e. The number of hydrogen-bond acceptors (Lipinski definition) is 4. The average Bonchev–Trinajstić information content (AvgIpc) is 3.30. The van der Waals surface area contributed by atoms with Crippen molar-refractivity contribution in [1.29, 1.82) is 5.26 Å². The van der Waals surface area contributed by atoms with E-state index in [9.17, 15) is 5.26 Å². The molecule has 2 N–H and O–H groups in total. The molecule has 5 rings (SSSR count). The van der Waals surface area contributed by atoms with Crippen molar-refractivity contribution in [3.8, 4) is 17.2 Å². The molecule has 4 aromatic heterocycles. The normalized spacial score (nSPS) is 20.1. The summed E-state index contributed by atoms with van der Waals surface area (Å²) in [7, 11) is 0. The van der Waals surface area contributed by atoms with Gasteiger partial charge in [0.15, 0.2) is 0 Å². The van der Waals surface area contributed by atoms with Gasteiger partial charge in [-0.3, -0.25) is 4.98 Å². The number of nitrogens with zero attached hydrogens (tertiary/aromatic N) is 4. The number of piperidine rings is 1. The van der Waals surface area contributed by atoms with Gasteiger partial charge in [-0.15, -0.1) is 0 Å². The van der Waals surface area contributed by atoms with Gasteiger partial charge in [0.05, 0.1) is 16.5 Å². The van der Waals surface area contributed by atoms with Gasteiger partial charge in [-0.25, -0.2) is 4.98 Å². The van der Waals surface area contributed by atoms with Crippen molar-refractivity contribution < 1.29 is 0 Å². The molecule has 0 unspecified atom stereocenters. The number of pyridine rings is 2. The SMILES string of the molecule is C[C@@H]1CCNC[C@@H]1n1cc(-c2ccncc2)c2cnc3[nH]cc(C#N)c3c21. The summed E-state index contributed by atoms with van der Waals surface area (Å²) in [5.74, 6) is 0.555. The molecule has 0 aromatic carbocycles. The highest BCUT2D eigenvalue weighted by molar-refractivity contribution is 6.11. The van der Waals surface area contributed by atoms with Crippen LogP contribution in [0, 0.1) is 17.2 Å². The Morgan fingerprint density at radius 1 is 1.30 bits per heavy atom. The van der Waals surface area contributed by atoms with Crippen LogP contribution in [-0.4, -0.2) is 32.6 Å². The van der Waals surface area contributed by atoms with Crippen LogP contribution in [-0.2, 0) is 0 Å². The van der Waals surface area contributed by atoms with Crippen molar-refractivity contribution in [3.05, 3.63) is 48.7 Å². The lowest BCUT2D eigenvalue weighted by Crippen LogP contribution is -2.36. The van der Waals surface area contributed by atoms with Crippen LogP contribution in [0.2, 0.25) is 0 Å². The molecule has 0 saturated carbocycles. The van der Waals surface area contributed by atoms with Gasteiger partial charge in [-0.1, -0.05) is 6.92 Å². The molecule has 0 bridgehead atoms. The molecule has 1 fully saturated rings. The monoisotopic (exact) mass is 356 g/mol. The second kappa shape index (κ2) is 6.22. The highest BCUT2D eigenvalue weighted by Crippen LogP contribution is 2.38. The smallest absolute Gasteiger partial charge is 0.140 e. The Kier molecular flexibility index (Phi) is 3.69. The zero-order chi connectivity index (χ0) is 18.4. The molecule has 6 nitrogen and oxygen atoms in total. The number of nitrogens with one attached hydrogen (secondary N) is 2. The Morgan fingerprint density at radius 2 is 2.15 bits per heavy atom. The quantitative estimate of drug-likeness (QED) is 0.575. The summed E-state index contributed by atoms with van der Waals surface area (Å²) >= 11 is 0. The molecule has 1 saturated heterocycles. The van der Waals surface area contributed by atoms with Gasteiger partial charge >= 0.3 is 0 Å². The Hall–Kier alpha value is -3.17. The molecule has 2 atom stereocenters. The lowest BCUT2D eigenvalue weighted by Gasteiger charge is -2.31. The summed E-state index contributed by atoms with van der Waals surface area (Å²) in [6, 6.07) is 6.70.